The maximum atomic E-state index is 13.5. The van der Waals surface area contributed by atoms with Crippen molar-refractivity contribution in [3.05, 3.63) is 84.4 Å². The molecule has 6 nitrogen and oxygen atoms in total. The fraction of sp³-hybridized carbons (Fsp3) is 0.333. The molecule has 6 heteroatoms. The zero-order chi connectivity index (χ0) is 23.3. The second-order valence-electron chi connectivity index (χ2n) is 9.01. The van der Waals surface area contributed by atoms with E-state index in [0.717, 1.165) is 16.7 Å². The van der Waals surface area contributed by atoms with E-state index < -0.39 is 5.41 Å². The zero-order valence-electron chi connectivity index (χ0n) is 19.2. The number of hydrogen-bond acceptors (Lipinski definition) is 4. The summed E-state index contributed by atoms with van der Waals surface area (Å²) in [6.07, 6.45) is 8.68. The summed E-state index contributed by atoms with van der Waals surface area (Å²) >= 11 is 0. The monoisotopic (exact) mass is 442 g/mol. The molecule has 3 heterocycles. The van der Waals surface area contributed by atoms with E-state index in [1.807, 2.05) is 43.0 Å². The van der Waals surface area contributed by atoms with Crippen molar-refractivity contribution in [3.8, 4) is 11.1 Å². The summed E-state index contributed by atoms with van der Waals surface area (Å²) < 4.78 is 0. The molecule has 4 rings (SSSR count). The Hall–Kier alpha value is -3.54. The summed E-state index contributed by atoms with van der Waals surface area (Å²) in [6.45, 7) is 5.04. The van der Waals surface area contributed by atoms with E-state index in [-0.39, 0.29) is 17.9 Å². The lowest BCUT2D eigenvalue weighted by atomic mass is 9.71. The number of amides is 2. The highest BCUT2D eigenvalue weighted by Crippen LogP contribution is 2.38. The normalized spacial score (nSPS) is 15.3. The molecule has 0 spiro atoms. The first-order valence-electron chi connectivity index (χ1n) is 11.5. The molecule has 0 saturated carbocycles. The highest BCUT2D eigenvalue weighted by molar-refractivity contribution is 5.94. The predicted molar refractivity (Wildman–Crippen MR) is 128 cm³/mol. The number of likely N-dealkylation sites (tertiary alicyclic amines) is 1. The number of carbonyl (C=O) groups excluding carboxylic acids is 2. The Morgan fingerprint density at radius 1 is 0.970 bits per heavy atom. The highest BCUT2D eigenvalue weighted by Gasteiger charge is 2.43. The van der Waals surface area contributed by atoms with Crippen molar-refractivity contribution in [1.29, 1.82) is 0 Å². The number of rotatable bonds is 6. The second-order valence-corrected chi connectivity index (χ2v) is 9.01. The molecule has 1 N–H and O–H groups in total. The highest BCUT2D eigenvalue weighted by atomic mass is 16.2. The largest absolute Gasteiger partial charge is 0.353 e. The second kappa shape index (κ2) is 9.94. The number of hydrogen-bond donors (Lipinski definition) is 1. The van der Waals surface area contributed by atoms with Crippen LogP contribution in [0.1, 0.15) is 42.6 Å². The summed E-state index contributed by atoms with van der Waals surface area (Å²) in [6, 6.07) is 15.8. The molecule has 0 bridgehead atoms. The van der Waals surface area contributed by atoms with E-state index in [2.05, 4.69) is 27.4 Å². The number of aromatic nitrogens is 2. The molecule has 33 heavy (non-hydrogen) atoms. The van der Waals surface area contributed by atoms with Gasteiger partial charge in [0.25, 0.3) is 5.91 Å². The molecule has 1 fully saturated rings. The van der Waals surface area contributed by atoms with Gasteiger partial charge in [-0.05, 0) is 74.1 Å². The Labute approximate surface area is 195 Å². The lowest BCUT2D eigenvalue weighted by Crippen LogP contribution is -2.52. The van der Waals surface area contributed by atoms with Crippen molar-refractivity contribution in [2.24, 2.45) is 5.41 Å². The number of piperidine rings is 1. The molecule has 2 amide bonds. The molecular weight excluding hydrogens is 412 g/mol. The van der Waals surface area contributed by atoms with Gasteiger partial charge in [0.2, 0.25) is 5.91 Å². The van der Waals surface area contributed by atoms with Crippen LogP contribution in [0.4, 0.5) is 0 Å². The van der Waals surface area contributed by atoms with E-state index in [1.165, 1.54) is 0 Å². The third kappa shape index (κ3) is 5.11. The third-order valence-electron chi connectivity index (χ3n) is 6.36. The van der Waals surface area contributed by atoms with Crippen LogP contribution in [0.15, 0.2) is 73.3 Å². The molecule has 1 aliphatic heterocycles. The maximum absolute atomic E-state index is 13.5. The van der Waals surface area contributed by atoms with Crippen LogP contribution in [0.3, 0.4) is 0 Å². The van der Waals surface area contributed by atoms with Gasteiger partial charge >= 0.3 is 0 Å². The van der Waals surface area contributed by atoms with Gasteiger partial charge in [-0.25, -0.2) is 0 Å². The lowest BCUT2D eigenvalue weighted by molar-refractivity contribution is -0.134. The van der Waals surface area contributed by atoms with Gasteiger partial charge in [0, 0.05) is 43.9 Å². The summed E-state index contributed by atoms with van der Waals surface area (Å²) in [5.74, 6) is 0.0358. The molecule has 2 aromatic heterocycles. The molecule has 0 atom stereocenters. The van der Waals surface area contributed by atoms with Crippen LogP contribution in [0.2, 0.25) is 0 Å². The minimum Gasteiger partial charge on any atom is -0.353 e. The molecule has 3 aromatic rings. The summed E-state index contributed by atoms with van der Waals surface area (Å²) in [5, 5.41) is 3.15. The molecule has 0 unspecified atom stereocenters. The first-order chi connectivity index (χ1) is 16.0. The first-order valence-corrected chi connectivity index (χ1v) is 11.5. The van der Waals surface area contributed by atoms with Crippen molar-refractivity contribution in [2.75, 3.05) is 13.1 Å². The predicted octanol–water partition coefficient (Wildman–Crippen LogP) is 4.13. The first kappa shape index (κ1) is 22.6. The van der Waals surface area contributed by atoms with Gasteiger partial charge in [-0.1, -0.05) is 24.3 Å². The SMILES string of the molecule is CC(C)NC(=O)C1(Cc2ccccc2-c2ccncc2)CCN(C(=O)c2cccnc2)CC1. The lowest BCUT2D eigenvalue weighted by Gasteiger charge is -2.41. The van der Waals surface area contributed by atoms with Crippen LogP contribution in [0.25, 0.3) is 11.1 Å². The van der Waals surface area contributed by atoms with Gasteiger partial charge < -0.3 is 10.2 Å². The fourth-order valence-corrected chi connectivity index (χ4v) is 4.56. The van der Waals surface area contributed by atoms with Crippen LogP contribution in [0, 0.1) is 5.41 Å². The smallest absolute Gasteiger partial charge is 0.255 e. The number of nitrogens with zero attached hydrogens (tertiary/aromatic N) is 3. The molecule has 1 aliphatic rings. The van der Waals surface area contributed by atoms with E-state index in [1.54, 1.807) is 36.9 Å². The van der Waals surface area contributed by atoms with Gasteiger partial charge in [-0.3, -0.25) is 19.6 Å². The Morgan fingerprint density at radius 2 is 1.70 bits per heavy atom. The molecule has 1 aromatic carbocycles. The fourth-order valence-electron chi connectivity index (χ4n) is 4.56. The Morgan fingerprint density at radius 3 is 2.36 bits per heavy atom. The van der Waals surface area contributed by atoms with Gasteiger partial charge in [0.15, 0.2) is 0 Å². The molecule has 0 aliphatic carbocycles. The number of carbonyl (C=O) groups is 2. The summed E-state index contributed by atoms with van der Waals surface area (Å²) in [7, 11) is 0. The van der Waals surface area contributed by atoms with Crippen LogP contribution in [0.5, 0.6) is 0 Å². The van der Waals surface area contributed by atoms with Gasteiger partial charge in [0.1, 0.15) is 0 Å². The topological polar surface area (TPSA) is 75.2 Å². The minimum atomic E-state index is -0.570. The molecule has 1 saturated heterocycles. The average molecular weight is 443 g/mol. The van der Waals surface area contributed by atoms with Crippen LogP contribution < -0.4 is 5.32 Å². The van der Waals surface area contributed by atoms with Gasteiger partial charge in [-0.15, -0.1) is 0 Å². The van der Waals surface area contributed by atoms with Crippen molar-refractivity contribution in [1.82, 2.24) is 20.2 Å². The van der Waals surface area contributed by atoms with Gasteiger partial charge in [-0.2, -0.15) is 0 Å². The standard InChI is InChI=1S/C27H30N4O2/c1-20(2)30-26(33)27(11-16-31(17-12-27)25(32)23-7-5-13-29-19-23)18-22-6-3-4-8-24(22)21-9-14-28-15-10-21/h3-10,13-15,19-20H,11-12,16-18H2,1-2H3,(H,30,33). The van der Waals surface area contributed by atoms with Crippen LogP contribution in [-0.4, -0.2) is 45.8 Å². The van der Waals surface area contributed by atoms with Crippen molar-refractivity contribution in [2.45, 2.75) is 39.2 Å². The third-order valence-corrected chi connectivity index (χ3v) is 6.36. The average Bonchev–Trinajstić information content (AvgIpc) is 2.85. The minimum absolute atomic E-state index is 0.0295. The summed E-state index contributed by atoms with van der Waals surface area (Å²) in [4.78, 5) is 36.5. The number of pyridine rings is 2. The zero-order valence-corrected chi connectivity index (χ0v) is 19.2. The van der Waals surface area contributed by atoms with Crippen LogP contribution >= 0.6 is 0 Å². The molecule has 0 radical (unpaired) electrons. The van der Waals surface area contributed by atoms with Gasteiger partial charge in [0.05, 0.1) is 11.0 Å². The van der Waals surface area contributed by atoms with Crippen molar-refractivity contribution >= 4 is 11.8 Å². The maximum Gasteiger partial charge on any atom is 0.255 e. The van der Waals surface area contributed by atoms with Crippen molar-refractivity contribution < 1.29 is 9.59 Å². The van der Waals surface area contributed by atoms with E-state index >= 15 is 0 Å². The molecular formula is C27H30N4O2. The molecule has 170 valence electrons. The Bertz CT molecular complexity index is 1090. The van der Waals surface area contributed by atoms with E-state index in [4.69, 9.17) is 0 Å². The quantitative estimate of drug-likeness (QED) is 0.623. The summed E-state index contributed by atoms with van der Waals surface area (Å²) in [5.41, 5.74) is 3.35. The Kier molecular flexibility index (Phi) is 6.82. The number of nitrogens with one attached hydrogen (secondary N) is 1. The van der Waals surface area contributed by atoms with E-state index in [0.29, 0.717) is 37.9 Å². The van der Waals surface area contributed by atoms with Crippen molar-refractivity contribution in [3.63, 3.8) is 0 Å². The van der Waals surface area contributed by atoms with E-state index in [9.17, 15) is 9.59 Å². The Balaban J connectivity index is 1.60. The van der Waals surface area contributed by atoms with Crippen LogP contribution in [-0.2, 0) is 11.2 Å². The number of benzene rings is 1.